The van der Waals surface area contributed by atoms with Crippen molar-refractivity contribution in [2.45, 2.75) is 32.1 Å². The highest BCUT2D eigenvalue weighted by molar-refractivity contribution is 5.85. The van der Waals surface area contributed by atoms with Gasteiger partial charge in [-0.15, -0.1) is 12.4 Å². The van der Waals surface area contributed by atoms with Crippen LogP contribution in [0.5, 0.6) is 11.5 Å². The van der Waals surface area contributed by atoms with Gasteiger partial charge in [0.1, 0.15) is 0 Å². The minimum Gasteiger partial charge on any atom is -0.493 e. The fraction of sp³-hybridized carbons (Fsp3) is 0.611. The molecule has 6 heteroatoms. The first-order valence-electron chi connectivity index (χ1n) is 8.41. The van der Waals surface area contributed by atoms with Gasteiger partial charge in [0, 0.05) is 13.0 Å². The third kappa shape index (κ3) is 6.57. The molecule has 0 atom stereocenters. The number of hydrogen-bond acceptors (Lipinski definition) is 4. The van der Waals surface area contributed by atoms with E-state index in [0.717, 1.165) is 43.0 Å². The van der Waals surface area contributed by atoms with Crippen LogP contribution >= 0.6 is 12.4 Å². The van der Waals surface area contributed by atoms with Crippen molar-refractivity contribution in [2.75, 3.05) is 33.9 Å². The maximum atomic E-state index is 11.9. The van der Waals surface area contributed by atoms with Crippen molar-refractivity contribution >= 4 is 18.3 Å². The standard InChI is InChI=1S/C18H28N2O3.ClH/c1-22-16-5-3-15(13-17(16)23-2)9-12-20-18(21)6-4-14-7-10-19-11-8-14;/h3,5,13-14,19H,4,6-12H2,1-2H3,(H,20,21);1H. The Morgan fingerprint density at radius 3 is 2.58 bits per heavy atom. The lowest BCUT2D eigenvalue weighted by Crippen LogP contribution is -2.30. The molecule has 1 aromatic rings. The second kappa shape index (κ2) is 11.2. The van der Waals surface area contributed by atoms with E-state index in [1.54, 1.807) is 14.2 Å². The molecule has 1 saturated heterocycles. The summed E-state index contributed by atoms with van der Waals surface area (Å²) >= 11 is 0. The summed E-state index contributed by atoms with van der Waals surface area (Å²) in [6, 6.07) is 5.86. The highest BCUT2D eigenvalue weighted by Crippen LogP contribution is 2.27. The molecule has 0 bridgehead atoms. The van der Waals surface area contributed by atoms with Crippen molar-refractivity contribution in [1.82, 2.24) is 10.6 Å². The second-order valence-corrected chi connectivity index (χ2v) is 6.02. The van der Waals surface area contributed by atoms with Crippen LogP contribution in [0.25, 0.3) is 0 Å². The number of halogens is 1. The molecule has 1 aromatic carbocycles. The summed E-state index contributed by atoms with van der Waals surface area (Å²) < 4.78 is 10.5. The van der Waals surface area contributed by atoms with E-state index in [1.165, 1.54) is 12.8 Å². The van der Waals surface area contributed by atoms with Crippen molar-refractivity contribution in [3.8, 4) is 11.5 Å². The van der Waals surface area contributed by atoms with Crippen molar-refractivity contribution < 1.29 is 14.3 Å². The Hall–Kier alpha value is -1.46. The Kier molecular flexibility index (Phi) is 9.57. The van der Waals surface area contributed by atoms with Gasteiger partial charge >= 0.3 is 0 Å². The molecule has 1 amide bonds. The zero-order valence-electron chi connectivity index (χ0n) is 14.6. The molecular formula is C18H29ClN2O3. The lowest BCUT2D eigenvalue weighted by atomic mass is 9.93. The lowest BCUT2D eigenvalue weighted by molar-refractivity contribution is -0.121. The van der Waals surface area contributed by atoms with Gasteiger partial charge < -0.3 is 20.1 Å². The number of methoxy groups -OCH3 is 2. The van der Waals surface area contributed by atoms with Crippen molar-refractivity contribution in [3.05, 3.63) is 23.8 Å². The number of benzene rings is 1. The third-order valence-corrected chi connectivity index (χ3v) is 4.42. The van der Waals surface area contributed by atoms with E-state index in [9.17, 15) is 4.79 Å². The Morgan fingerprint density at radius 1 is 1.21 bits per heavy atom. The zero-order chi connectivity index (χ0) is 16.5. The first kappa shape index (κ1) is 20.6. The highest BCUT2D eigenvalue weighted by Gasteiger charge is 2.14. The second-order valence-electron chi connectivity index (χ2n) is 6.02. The third-order valence-electron chi connectivity index (χ3n) is 4.42. The Morgan fingerprint density at radius 2 is 1.92 bits per heavy atom. The average molecular weight is 357 g/mol. The molecule has 1 heterocycles. The van der Waals surface area contributed by atoms with Crippen LogP contribution in [0.3, 0.4) is 0 Å². The zero-order valence-corrected chi connectivity index (χ0v) is 15.4. The molecule has 5 nitrogen and oxygen atoms in total. The predicted molar refractivity (Wildman–Crippen MR) is 98.3 cm³/mol. The normalized spacial score (nSPS) is 14.6. The van der Waals surface area contributed by atoms with E-state index in [4.69, 9.17) is 9.47 Å². The van der Waals surface area contributed by atoms with Gasteiger partial charge in [-0.2, -0.15) is 0 Å². The smallest absolute Gasteiger partial charge is 0.220 e. The van der Waals surface area contributed by atoms with E-state index >= 15 is 0 Å². The largest absolute Gasteiger partial charge is 0.493 e. The predicted octanol–water partition coefficient (Wildman–Crippen LogP) is 2.56. The molecule has 2 N–H and O–H groups in total. The number of ether oxygens (including phenoxy) is 2. The molecule has 0 saturated carbocycles. The van der Waals surface area contributed by atoms with Gasteiger partial charge in [0.2, 0.25) is 5.91 Å². The van der Waals surface area contributed by atoms with Crippen LogP contribution in [0.2, 0.25) is 0 Å². The molecule has 24 heavy (non-hydrogen) atoms. The minimum absolute atomic E-state index is 0. The SMILES string of the molecule is COc1ccc(CCNC(=O)CCC2CCNCC2)cc1OC.Cl. The van der Waals surface area contributed by atoms with E-state index in [2.05, 4.69) is 10.6 Å². The van der Waals surface area contributed by atoms with E-state index in [0.29, 0.717) is 18.9 Å². The molecule has 0 spiro atoms. The number of carbonyl (C=O) groups is 1. The van der Waals surface area contributed by atoms with Gasteiger partial charge in [-0.25, -0.2) is 0 Å². The summed E-state index contributed by atoms with van der Waals surface area (Å²) in [7, 11) is 3.25. The number of carbonyl (C=O) groups excluding carboxylic acids is 1. The van der Waals surface area contributed by atoms with Gasteiger partial charge in [-0.05, 0) is 62.4 Å². The molecule has 136 valence electrons. The number of nitrogens with one attached hydrogen (secondary N) is 2. The fourth-order valence-electron chi connectivity index (χ4n) is 2.98. The number of hydrogen-bond donors (Lipinski definition) is 2. The quantitative estimate of drug-likeness (QED) is 0.751. The lowest BCUT2D eigenvalue weighted by Gasteiger charge is -2.22. The topological polar surface area (TPSA) is 59.6 Å². The van der Waals surface area contributed by atoms with Gasteiger partial charge in [0.25, 0.3) is 0 Å². The summed E-state index contributed by atoms with van der Waals surface area (Å²) in [5.74, 6) is 2.31. The monoisotopic (exact) mass is 356 g/mol. The average Bonchev–Trinajstić information content (AvgIpc) is 2.60. The summed E-state index contributed by atoms with van der Waals surface area (Å²) in [6.07, 6.45) is 4.82. The molecule has 1 aliphatic rings. The van der Waals surface area contributed by atoms with Gasteiger partial charge in [0.15, 0.2) is 11.5 Å². The van der Waals surface area contributed by atoms with Crippen molar-refractivity contribution in [3.63, 3.8) is 0 Å². The number of amides is 1. The summed E-state index contributed by atoms with van der Waals surface area (Å²) in [5, 5.41) is 6.36. The van der Waals surface area contributed by atoms with E-state index in [1.807, 2.05) is 18.2 Å². The minimum atomic E-state index is 0. The van der Waals surface area contributed by atoms with Crippen LogP contribution < -0.4 is 20.1 Å². The summed E-state index contributed by atoms with van der Waals surface area (Å²) in [5.41, 5.74) is 1.13. The number of piperidine rings is 1. The van der Waals surface area contributed by atoms with Crippen LogP contribution in [0.4, 0.5) is 0 Å². The first-order valence-corrected chi connectivity index (χ1v) is 8.41. The van der Waals surface area contributed by atoms with Gasteiger partial charge in [0.05, 0.1) is 14.2 Å². The Balaban J connectivity index is 0.00000288. The number of rotatable bonds is 8. The molecule has 1 fully saturated rings. The maximum absolute atomic E-state index is 11.9. The van der Waals surface area contributed by atoms with Crippen LogP contribution in [-0.2, 0) is 11.2 Å². The Bertz CT molecular complexity index is 505. The van der Waals surface area contributed by atoms with E-state index in [-0.39, 0.29) is 18.3 Å². The van der Waals surface area contributed by atoms with Crippen LogP contribution in [-0.4, -0.2) is 39.8 Å². The molecule has 1 aliphatic heterocycles. The van der Waals surface area contributed by atoms with E-state index < -0.39 is 0 Å². The van der Waals surface area contributed by atoms with Crippen LogP contribution in [0.1, 0.15) is 31.2 Å². The molecule has 0 aliphatic carbocycles. The summed E-state index contributed by atoms with van der Waals surface area (Å²) in [4.78, 5) is 11.9. The fourth-order valence-corrected chi connectivity index (χ4v) is 2.98. The first-order chi connectivity index (χ1) is 11.2. The molecular weight excluding hydrogens is 328 g/mol. The Labute approximate surface area is 150 Å². The molecule has 2 rings (SSSR count). The van der Waals surface area contributed by atoms with Gasteiger partial charge in [-0.3, -0.25) is 4.79 Å². The van der Waals surface area contributed by atoms with Gasteiger partial charge in [-0.1, -0.05) is 6.07 Å². The summed E-state index contributed by atoms with van der Waals surface area (Å²) in [6.45, 7) is 2.83. The van der Waals surface area contributed by atoms with Crippen LogP contribution in [0.15, 0.2) is 18.2 Å². The van der Waals surface area contributed by atoms with Crippen LogP contribution in [0, 0.1) is 5.92 Å². The highest BCUT2D eigenvalue weighted by atomic mass is 35.5. The van der Waals surface area contributed by atoms with Crippen molar-refractivity contribution in [1.29, 1.82) is 0 Å². The van der Waals surface area contributed by atoms with Crippen molar-refractivity contribution in [2.24, 2.45) is 5.92 Å². The molecule has 0 radical (unpaired) electrons. The maximum Gasteiger partial charge on any atom is 0.220 e. The molecule has 0 aromatic heterocycles. The molecule has 0 unspecified atom stereocenters.